The van der Waals surface area contributed by atoms with Crippen LogP contribution in [0, 0.1) is 0 Å². The van der Waals surface area contributed by atoms with E-state index in [0.717, 1.165) is 19.5 Å². The first kappa shape index (κ1) is 15.4. The zero-order valence-corrected chi connectivity index (χ0v) is 12.1. The lowest BCUT2D eigenvalue weighted by atomic mass is 10.2. The molecule has 1 saturated heterocycles. The Balaban J connectivity index is 0.00000162. The first-order valence-corrected chi connectivity index (χ1v) is 6.84. The molecule has 0 radical (unpaired) electrons. The Morgan fingerprint density at radius 1 is 1.72 bits per heavy atom. The molecule has 0 saturated carbocycles. The summed E-state index contributed by atoms with van der Waals surface area (Å²) >= 11 is 1.67. The van der Waals surface area contributed by atoms with Gasteiger partial charge in [0, 0.05) is 24.0 Å². The third-order valence-electron chi connectivity index (χ3n) is 3.02. The Morgan fingerprint density at radius 2 is 2.50 bits per heavy atom. The van der Waals surface area contributed by atoms with Gasteiger partial charge in [-0.1, -0.05) is 6.07 Å². The fourth-order valence-electron chi connectivity index (χ4n) is 2.11. The number of carbonyl (C=O) groups is 1. The lowest BCUT2D eigenvalue weighted by Crippen LogP contribution is -2.38. The highest BCUT2D eigenvalue weighted by Crippen LogP contribution is 2.18. The predicted molar refractivity (Wildman–Crippen MR) is 77.2 cm³/mol. The summed E-state index contributed by atoms with van der Waals surface area (Å²) in [5, 5.41) is 5.04. The van der Waals surface area contributed by atoms with E-state index < -0.39 is 0 Å². The lowest BCUT2D eigenvalue weighted by molar-refractivity contribution is -0.122. The summed E-state index contributed by atoms with van der Waals surface area (Å²) in [6.07, 6.45) is 0.994. The van der Waals surface area contributed by atoms with Crippen LogP contribution in [-0.4, -0.2) is 36.5 Å². The van der Waals surface area contributed by atoms with Gasteiger partial charge < -0.3 is 11.1 Å². The Hall–Kier alpha value is -0.620. The monoisotopic (exact) mass is 289 g/mol. The molecule has 0 spiro atoms. The maximum absolute atomic E-state index is 11.8. The fourth-order valence-corrected chi connectivity index (χ4v) is 2.84. The van der Waals surface area contributed by atoms with Crippen molar-refractivity contribution in [2.24, 2.45) is 5.73 Å². The molecule has 1 aromatic heterocycles. The van der Waals surface area contributed by atoms with Gasteiger partial charge in [0.2, 0.25) is 5.91 Å². The van der Waals surface area contributed by atoms with E-state index in [1.54, 1.807) is 11.3 Å². The number of likely N-dealkylation sites (tertiary alicyclic amines) is 1. The van der Waals surface area contributed by atoms with E-state index in [-0.39, 0.29) is 30.4 Å². The van der Waals surface area contributed by atoms with Crippen LogP contribution < -0.4 is 11.1 Å². The van der Waals surface area contributed by atoms with Gasteiger partial charge in [-0.05, 0) is 24.8 Å². The molecule has 0 aliphatic carbocycles. The summed E-state index contributed by atoms with van der Waals surface area (Å²) in [5.74, 6) is 0.0833. The van der Waals surface area contributed by atoms with Crippen LogP contribution in [0.4, 0.5) is 0 Å². The quantitative estimate of drug-likeness (QED) is 0.880. The van der Waals surface area contributed by atoms with Crippen LogP contribution in [0.15, 0.2) is 17.5 Å². The molecule has 1 aromatic rings. The lowest BCUT2D eigenvalue weighted by Gasteiger charge is -2.17. The smallest absolute Gasteiger partial charge is 0.234 e. The van der Waals surface area contributed by atoms with Crippen LogP contribution in [-0.2, 0) is 4.79 Å². The van der Waals surface area contributed by atoms with E-state index in [0.29, 0.717) is 6.54 Å². The van der Waals surface area contributed by atoms with Gasteiger partial charge in [-0.15, -0.1) is 23.7 Å². The molecule has 2 rings (SSSR count). The van der Waals surface area contributed by atoms with Crippen molar-refractivity contribution < 1.29 is 4.79 Å². The second-order valence-corrected chi connectivity index (χ2v) is 5.57. The molecule has 0 bridgehead atoms. The largest absolute Gasteiger partial charge is 0.348 e. The highest BCUT2D eigenvalue weighted by Gasteiger charge is 2.21. The van der Waals surface area contributed by atoms with Gasteiger partial charge in [0.05, 0.1) is 12.6 Å². The van der Waals surface area contributed by atoms with Crippen molar-refractivity contribution in [2.75, 3.05) is 19.6 Å². The maximum atomic E-state index is 11.8. The van der Waals surface area contributed by atoms with Gasteiger partial charge in [0.25, 0.3) is 0 Å². The zero-order chi connectivity index (χ0) is 12.3. The molecule has 18 heavy (non-hydrogen) atoms. The molecule has 2 unspecified atom stereocenters. The third-order valence-corrected chi connectivity index (χ3v) is 4.08. The molecule has 2 atom stereocenters. The number of nitrogens with one attached hydrogen (secondary N) is 1. The number of amides is 1. The highest BCUT2D eigenvalue weighted by molar-refractivity contribution is 7.10. The molecule has 4 nitrogen and oxygen atoms in total. The minimum absolute atomic E-state index is 0. The van der Waals surface area contributed by atoms with Gasteiger partial charge in [-0.2, -0.15) is 0 Å². The van der Waals surface area contributed by atoms with Crippen molar-refractivity contribution in [1.82, 2.24) is 10.2 Å². The molecule has 3 N–H and O–H groups in total. The van der Waals surface area contributed by atoms with Crippen molar-refractivity contribution >= 4 is 29.7 Å². The van der Waals surface area contributed by atoms with Crippen molar-refractivity contribution in [2.45, 2.75) is 25.4 Å². The Kier molecular flexibility index (Phi) is 6.08. The minimum atomic E-state index is 0. The van der Waals surface area contributed by atoms with E-state index in [9.17, 15) is 4.79 Å². The molecule has 6 heteroatoms. The van der Waals surface area contributed by atoms with Crippen LogP contribution >= 0.6 is 23.7 Å². The molecule has 2 heterocycles. The second kappa shape index (κ2) is 7.09. The molecular formula is C12H20ClN3OS. The number of halogens is 1. The first-order valence-electron chi connectivity index (χ1n) is 5.96. The van der Waals surface area contributed by atoms with E-state index in [1.165, 1.54) is 4.88 Å². The average molecular weight is 290 g/mol. The van der Waals surface area contributed by atoms with Gasteiger partial charge >= 0.3 is 0 Å². The predicted octanol–water partition coefficient (Wildman–Crippen LogP) is 1.38. The molecule has 1 fully saturated rings. The first-order chi connectivity index (χ1) is 8.15. The summed E-state index contributed by atoms with van der Waals surface area (Å²) in [6, 6.07) is 4.38. The van der Waals surface area contributed by atoms with Crippen LogP contribution in [0.2, 0.25) is 0 Å². The van der Waals surface area contributed by atoms with Crippen molar-refractivity contribution in [1.29, 1.82) is 0 Å². The van der Waals surface area contributed by atoms with Crippen LogP contribution in [0.1, 0.15) is 24.3 Å². The summed E-state index contributed by atoms with van der Waals surface area (Å²) < 4.78 is 0. The average Bonchev–Trinajstić information content (AvgIpc) is 2.89. The number of nitrogens with two attached hydrogens (primary N) is 1. The molecule has 1 amide bonds. The van der Waals surface area contributed by atoms with Crippen molar-refractivity contribution in [3.63, 3.8) is 0 Å². The molecule has 102 valence electrons. The number of thiophene rings is 1. The van der Waals surface area contributed by atoms with Gasteiger partial charge in [-0.3, -0.25) is 9.69 Å². The molecule has 0 aromatic carbocycles. The van der Waals surface area contributed by atoms with Crippen LogP contribution in [0.3, 0.4) is 0 Å². The van der Waals surface area contributed by atoms with E-state index in [1.807, 2.05) is 24.4 Å². The second-order valence-electron chi connectivity index (χ2n) is 4.59. The molecule has 1 aliphatic heterocycles. The minimum Gasteiger partial charge on any atom is -0.348 e. The number of nitrogens with zero attached hydrogens (tertiary/aromatic N) is 1. The zero-order valence-electron chi connectivity index (χ0n) is 10.5. The van der Waals surface area contributed by atoms with Crippen LogP contribution in [0.25, 0.3) is 0 Å². The van der Waals surface area contributed by atoms with Gasteiger partial charge in [0.15, 0.2) is 0 Å². The van der Waals surface area contributed by atoms with E-state index in [4.69, 9.17) is 5.73 Å². The summed E-state index contributed by atoms with van der Waals surface area (Å²) in [5.41, 5.74) is 5.81. The number of rotatable bonds is 4. The topological polar surface area (TPSA) is 58.4 Å². The standard InChI is InChI=1S/C12H19N3OS.ClH/c1-9(11-3-2-6-17-11)14-12(16)8-15-5-4-10(13)7-15;/h2-3,6,9-10H,4-5,7-8,13H2,1H3,(H,14,16);1H. The van der Waals surface area contributed by atoms with Gasteiger partial charge in [0.1, 0.15) is 0 Å². The fraction of sp³-hybridized carbons (Fsp3) is 0.583. The number of carbonyl (C=O) groups excluding carboxylic acids is 1. The normalized spacial score (nSPS) is 21.3. The van der Waals surface area contributed by atoms with Gasteiger partial charge in [-0.25, -0.2) is 0 Å². The van der Waals surface area contributed by atoms with E-state index >= 15 is 0 Å². The summed E-state index contributed by atoms with van der Waals surface area (Å²) in [7, 11) is 0. The van der Waals surface area contributed by atoms with E-state index in [2.05, 4.69) is 10.2 Å². The SMILES string of the molecule is CC(NC(=O)CN1CCC(N)C1)c1cccs1.Cl. The summed E-state index contributed by atoms with van der Waals surface area (Å²) in [6.45, 7) is 4.24. The Morgan fingerprint density at radius 3 is 3.06 bits per heavy atom. The third kappa shape index (κ3) is 4.24. The number of hydrogen-bond donors (Lipinski definition) is 2. The molecule has 1 aliphatic rings. The van der Waals surface area contributed by atoms with Crippen molar-refractivity contribution in [3.05, 3.63) is 22.4 Å². The Labute approximate surface area is 118 Å². The Bertz CT molecular complexity index is 371. The highest BCUT2D eigenvalue weighted by atomic mass is 35.5. The number of hydrogen-bond acceptors (Lipinski definition) is 4. The molecular weight excluding hydrogens is 270 g/mol. The van der Waals surface area contributed by atoms with Crippen LogP contribution in [0.5, 0.6) is 0 Å². The van der Waals surface area contributed by atoms with Crippen molar-refractivity contribution in [3.8, 4) is 0 Å². The summed E-state index contributed by atoms with van der Waals surface area (Å²) in [4.78, 5) is 15.1. The maximum Gasteiger partial charge on any atom is 0.234 e.